The molecule has 20 heavy (non-hydrogen) atoms. The van der Waals surface area contributed by atoms with Crippen LogP contribution in [0.15, 0.2) is 23.8 Å². The van der Waals surface area contributed by atoms with E-state index in [9.17, 15) is 18.0 Å². The molecule has 3 N–H and O–H groups in total. The number of fused-ring (bicyclic) bond motifs is 1. The summed E-state index contributed by atoms with van der Waals surface area (Å²) in [5.41, 5.74) is 5.42. The van der Waals surface area contributed by atoms with Crippen LogP contribution in [0.25, 0.3) is 6.08 Å². The molecule has 1 aromatic rings. The molecule has 1 heterocycles. The third-order valence-electron chi connectivity index (χ3n) is 4.01. The van der Waals surface area contributed by atoms with E-state index >= 15 is 0 Å². The molecule has 1 aromatic carbocycles. The molecule has 2 aliphatic rings. The van der Waals surface area contributed by atoms with Crippen molar-refractivity contribution in [3.63, 3.8) is 0 Å². The van der Waals surface area contributed by atoms with Gasteiger partial charge in [0.2, 0.25) is 5.91 Å². The van der Waals surface area contributed by atoms with Gasteiger partial charge in [0.25, 0.3) is 0 Å². The number of rotatable bonds is 2. The molecule has 0 radical (unpaired) electrons. The van der Waals surface area contributed by atoms with Gasteiger partial charge in [-0.2, -0.15) is 13.2 Å². The fourth-order valence-electron chi connectivity index (χ4n) is 2.59. The van der Waals surface area contributed by atoms with E-state index in [0.29, 0.717) is 17.7 Å². The summed E-state index contributed by atoms with van der Waals surface area (Å²) in [7, 11) is 0. The third-order valence-corrected chi connectivity index (χ3v) is 4.01. The summed E-state index contributed by atoms with van der Waals surface area (Å²) in [6.07, 6.45) is -2.44. The quantitative estimate of drug-likeness (QED) is 0.876. The third kappa shape index (κ3) is 1.87. The summed E-state index contributed by atoms with van der Waals surface area (Å²) in [5.74, 6) is -0.564. The molecule has 1 saturated carbocycles. The summed E-state index contributed by atoms with van der Waals surface area (Å²) in [4.78, 5) is 11.2. The van der Waals surface area contributed by atoms with Crippen molar-refractivity contribution < 1.29 is 18.0 Å². The topological polar surface area (TPSA) is 55.1 Å². The number of amides is 1. The maximum absolute atomic E-state index is 13.1. The lowest BCUT2D eigenvalue weighted by atomic mass is 9.91. The van der Waals surface area contributed by atoms with Gasteiger partial charge in [-0.15, -0.1) is 0 Å². The molecule has 3 nitrogen and oxygen atoms in total. The van der Waals surface area contributed by atoms with Crippen molar-refractivity contribution in [1.82, 2.24) is 0 Å². The zero-order valence-corrected chi connectivity index (χ0v) is 10.6. The second-order valence-corrected chi connectivity index (χ2v) is 5.27. The lowest BCUT2D eigenvalue weighted by Gasteiger charge is -2.23. The van der Waals surface area contributed by atoms with Gasteiger partial charge in [0, 0.05) is 17.8 Å². The highest BCUT2D eigenvalue weighted by Crippen LogP contribution is 2.59. The van der Waals surface area contributed by atoms with Gasteiger partial charge in [0.15, 0.2) is 0 Å². The Morgan fingerprint density at radius 2 is 2.00 bits per heavy atom. The van der Waals surface area contributed by atoms with Crippen LogP contribution in [-0.2, 0) is 10.2 Å². The van der Waals surface area contributed by atoms with E-state index in [0.717, 1.165) is 5.69 Å². The summed E-state index contributed by atoms with van der Waals surface area (Å²) in [6.45, 7) is 0.298. The van der Waals surface area contributed by atoms with Gasteiger partial charge >= 0.3 is 6.18 Å². The zero-order chi connectivity index (χ0) is 14.5. The molecule has 0 unspecified atom stereocenters. The molecule has 0 bridgehead atoms. The molecule has 0 saturated heterocycles. The molecular formula is C14H13F3N2O. The Hall–Kier alpha value is -1.98. The van der Waals surface area contributed by atoms with Crippen molar-refractivity contribution in [2.45, 2.75) is 24.4 Å². The van der Waals surface area contributed by atoms with Gasteiger partial charge in [0.1, 0.15) is 0 Å². The van der Waals surface area contributed by atoms with Crippen molar-refractivity contribution in [3.8, 4) is 0 Å². The van der Waals surface area contributed by atoms with E-state index < -0.39 is 17.5 Å². The molecule has 3 rings (SSSR count). The predicted octanol–water partition coefficient (Wildman–Crippen LogP) is 2.57. The Morgan fingerprint density at radius 3 is 2.55 bits per heavy atom. The number of carbonyl (C=O) groups excluding carboxylic acids is 1. The number of nitrogens with two attached hydrogens (primary N) is 1. The number of alkyl halides is 3. The van der Waals surface area contributed by atoms with E-state index in [4.69, 9.17) is 5.73 Å². The van der Waals surface area contributed by atoms with Crippen LogP contribution in [-0.4, -0.2) is 18.6 Å². The number of carbonyl (C=O) groups is 1. The first-order chi connectivity index (χ1) is 9.33. The fourth-order valence-corrected chi connectivity index (χ4v) is 2.59. The first kappa shape index (κ1) is 13.0. The average Bonchev–Trinajstić information content (AvgIpc) is 3.18. The first-order valence-corrected chi connectivity index (χ1v) is 6.29. The van der Waals surface area contributed by atoms with Crippen LogP contribution in [0.4, 0.5) is 18.9 Å². The molecular weight excluding hydrogens is 269 g/mol. The maximum atomic E-state index is 13.1. The van der Waals surface area contributed by atoms with Crippen molar-refractivity contribution >= 4 is 17.7 Å². The highest BCUT2D eigenvalue weighted by Gasteiger charge is 2.64. The number of primary amides is 1. The lowest BCUT2D eigenvalue weighted by molar-refractivity contribution is -0.160. The van der Waals surface area contributed by atoms with Crippen molar-refractivity contribution in [1.29, 1.82) is 0 Å². The van der Waals surface area contributed by atoms with Gasteiger partial charge in [-0.05, 0) is 42.2 Å². The standard InChI is InChI=1S/C14H13F3N2O/c15-14(16,17)13(3-4-13)10-1-2-11-8(6-10)5-9(7-19-11)12(18)20/h1-2,5-6,19H,3-4,7H2,(H2,18,20). The smallest absolute Gasteiger partial charge is 0.380 e. The normalized spacial score (nSPS) is 19.6. The van der Waals surface area contributed by atoms with Crippen LogP contribution in [0.1, 0.15) is 24.0 Å². The number of hydrogen-bond donors (Lipinski definition) is 2. The Kier molecular flexibility index (Phi) is 2.61. The molecule has 0 spiro atoms. The number of halogens is 3. The van der Waals surface area contributed by atoms with E-state index in [1.165, 1.54) is 12.1 Å². The molecule has 1 aliphatic heterocycles. The van der Waals surface area contributed by atoms with Crippen molar-refractivity contribution in [2.75, 3.05) is 11.9 Å². The Bertz CT molecular complexity index is 615. The zero-order valence-electron chi connectivity index (χ0n) is 10.6. The van der Waals surface area contributed by atoms with Crippen LogP contribution in [0.3, 0.4) is 0 Å². The Morgan fingerprint density at radius 1 is 1.30 bits per heavy atom. The Balaban J connectivity index is 2.03. The number of anilines is 1. The predicted molar refractivity (Wildman–Crippen MR) is 69.1 cm³/mol. The van der Waals surface area contributed by atoms with Gasteiger partial charge in [-0.3, -0.25) is 4.79 Å². The lowest BCUT2D eigenvalue weighted by Crippen LogP contribution is -2.29. The van der Waals surface area contributed by atoms with Crippen molar-refractivity contribution in [2.24, 2.45) is 5.73 Å². The summed E-state index contributed by atoms with van der Waals surface area (Å²) in [5, 5.41) is 2.98. The second kappa shape index (κ2) is 4.01. The van der Waals surface area contributed by atoms with Crippen LogP contribution < -0.4 is 11.1 Å². The summed E-state index contributed by atoms with van der Waals surface area (Å²) in [6, 6.07) is 4.64. The van der Waals surface area contributed by atoms with E-state index in [-0.39, 0.29) is 18.4 Å². The van der Waals surface area contributed by atoms with Crippen LogP contribution in [0.2, 0.25) is 0 Å². The number of nitrogens with one attached hydrogen (secondary N) is 1. The van der Waals surface area contributed by atoms with Crippen molar-refractivity contribution in [3.05, 3.63) is 34.9 Å². The minimum absolute atomic E-state index is 0.120. The molecule has 1 amide bonds. The highest BCUT2D eigenvalue weighted by molar-refractivity contribution is 5.99. The average molecular weight is 282 g/mol. The summed E-state index contributed by atoms with van der Waals surface area (Å²) >= 11 is 0. The Labute approximate surface area is 113 Å². The number of hydrogen-bond acceptors (Lipinski definition) is 2. The molecule has 1 fully saturated rings. The monoisotopic (exact) mass is 282 g/mol. The minimum Gasteiger partial charge on any atom is -0.380 e. The van der Waals surface area contributed by atoms with Crippen LogP contribution >= 0.6 is 0 Å². The van der Waals surface area contributed by atoms with E-state index in [1.54, 1.807) is 12.1 Å². The van der Waals surface area contributed by atoms with Gasteiger partial charge in [-0.1, -0.05) is 6.07 Å². The first-order valence-electron chi connectivity index (χ1n) is 6.29. The summed E-state index contributed by atoms with van der Waals surface area (Å²) < 4.78 is 39.3. The fraction of sp³-hybridized carbons (Fsp3) is 0.357. The van der Waals surface area contributed by atoms with Crippen LogP contribution in [0, 0.1) is 0 Å². The largest absolute Gasteiger partial charge is 0.398 e. The van der Waals surface area contributed by atoms with E-state index in [1.807, 2.05) is 0 Å². The number of benzene rings is 1. The second-order valence-electron chi connectivity index (χ2n) is 5.27. The molecule has 6 heteroatoms. The maximum Gasteiger partial charge on any atom is 0.398 e. The van der Waals surface area contributed by atoms with Crippen LogP contribution in [0.5, 0.6) is 0 Å². The molecule has 0 atom stereocenters. The molecule has 1 aliphatic carbocycles. The minimum atomic E-state index is -4.24. The van der Waals surface area contributed by atoms with Gasteiger partial charge in [-0.25, -0.2) is 0 Å². The van der Waals surface area contributed by atoms with Gasteiger partial charge in [0.05, 0.1) is 5.41 Å². The highest BCUT2D eigenvalue weighted by atomic mass is 19.4. The van der Waals surface area contributed by atoms with Gasteiger partial charge < -0.3 is 11.1 Å². The molecule has 0 aromatic heterocycles. The van der Waals surface area contributed by atoms with E-state index in [2.05, 4.69) is 5.32 Å². The SMILES string of the molecule is NC(=O)C1=Cc2cc(C3(C(F)(F)F)CC3)ccc2NC1. The molecule has 106 valence electrons.